The number of nitrogens with two attached hydrogens (primary N) is 1. The molecule has 8 heteroatoms. The fourth-order valence-electron chi connectivity index (χ4n) is 4.85. The maximum Gasteiger partial charge on any atom is 0.246 e. The van der Waals surface area contributed by atoms with E-state index in [0.29, 0.717) is 12.5 Å². The van der Waals surface area contributed by atoms with Crippen molar-refractivity contribution in [3.05, 3.63) is 107 Å². The lowest BCUT2D eigenvalue weighted by molar-refractivity contribution is -0.152. The van der Waals surface area contributed by atoms with Crippen molar-refractivity contribution in [2.24, 2.45) is 5.73 Å². The molecule has 0 aromatic heterocycles. The van der Waals surface area contributed by atoms with Gasteiger partial charge in [0.05, 0.1) is 18.5 Å². The highest BCUT2D eigenvalue weighted by Gasteiger charge is 2.41. The summed E-state index contributed by atoms with van der Waals surface area (Å²) in [5, 5.41) is 3.01. The van der Waals surface area contributed by atoms with Crippen LogP contribution in [0.5, 0.6) is 0 Å². The molecule has 4 atom stereocenters. The van der Waals surface area contributed by atoms with Gasteiger partial charge in [0, 0.05) is 6.07 Å². The van der Waals surface area contributed by atoms with Gasteiger partial charge in [0.25, 0.3) is 0 Å². The molecular formula is C29H29F2N3O3. The molecule has 0 radical (unpaired) electrons. The van der Waals surface area contributed by atoms with E-state index in [0.717, 1.165) is 28.2 Å². The van der Waals surface area contributed by atoms with Crippen LogP contribution in [0.3, 0.4) is 0 Å². The highest BCUT2D eigenvalue weighted by molar-refractivity contribution is 6.03. The Morgan fingerprint density at radius 3 is 2.08 bits per heavy atom. The van der Waals surface area contributed by atoms with E-state index >= 15 is 0 Å². The van der Waals surface area contributed by atoms with Crippen molar-refractivity contribution in [3.8, 4) is 0 Å². The summed E-state index contributed by atoms with van der Waals surface area (Å²) in [6, 6.07) is 19.3. The molecule has 1 aliphatic rings. The highest BCUT2D eigenvalue weighted by atomic mass is 19.1. The predicted octanol–water partition coefficient (Wildman–Crippen LogP) is 4.01. The van der Waals surface area contributed by atoms with Crippen LogP contribution in [0.1, 0.15) is 48.4 Å². The first-order valence-electron chi connectivity index (χ1n) is 12.2. The smallest absolute Gasteiger partial charge is 0.246 e. The molecule has 0 bridgehead atoms. The number of rotatable bonds is 6. The van der Waals surface area contributed by atoms with Gasteiger partial charge in [-0.3, -0.25) is 19.3 Å². The Morgan fingerprint density at radius 1 is 0.946 bits per heavy atom. The summed E-state index contributed by atoms with van der Waals surface area (Å²) in [6.07, 6.45) is 0.274. The van der Waals surface area contributed by atoms with Crippen molar-refractivity contribution in [3.63, 3.8) is 0 Å². The van der Waals surface area contributed by atoms with Crippen molar-refractivity contribution < 1.29 is 23.2 Å². The zero-order valence-corrected chi connectivity index (χ0v) is 20.4. The summed E-state index contributed by atoms with van der Waals surface area (Å²) < 4.78 is 27.5. The Balaban J connectivity index is 1.72. The quantitative estimate of drug-likeness (QED) is 0.530. The lowest BCUT2D eigenvalue weighted by Crippen LogP contribution is -2.56. The lowest BCUT2D eigenvalue weighted by atomic mass is 9.86. The summed E-state index contributed by atoms with van der Waals surface area (Å²) in [7, 11) is 0. The van der Waals surface area contributed by atoms with Crippen molar-refractivity contribution in [2.45, 2.75) is 50.2 Å². The molecule has 1 aliphatic heterocycles. The second kappa shape index (κ2) is 11.4. The second-order valence-corrected chi connectivity index (χ2v) is 9.41. The Labute approximate surface area is 214 Å². The average molecular weight is 506 g/mol. The Morgan fingerprint density at radius 2 is 1.51 bits per heavy atom. The van der Waals surface area contributed by atoms with Gasteiger partial charge in [0.1, 0.15) is 17.7 Å². The van der Waals surface area contributed by atoms with Crippen molar-refractivity contribution in [1.82, 2.24) is 10.2 Å². The Hall–Kier alpha value is -3.91. The fraction of sp³-hybridized carbons (Fsp3) is 0.276. The van der Waals surface area contributed by atoms with Gasteiger partial charge >= 0.3 is 0 Å². The lowest BCUT2D eigenvalue weighted by Gasteiger charge is -2.31. The van der Waals surface area contributed by atoms with Crippen LogP contribution in [-0.4, -0.2) is 34.7 Å². The van der Waals surface area contributed by atoms with Crippen molar-refractivity contribution in [2.75, 3.05) is 0 Å². The van der Waals surface area contributed by atoms with Crippen LogP contribution in [0.15, 0.2) is 78.9 Å². The Kier molecular flexibility index (Phi) is 8.08. The monoisotopic (exact) mass is 505 g/mol. The normalized spacial score (nSPS) is 20.4. The van der Waals surface area contributed by atoms with Crippen LogP contribution in [0, 0.1) is 11.6 Å². The molecule has 6 nitrogen and oxygen atoms in total. The van der Waals surface area contributed by atoms with Crippen LogP contribution in [0.4, 0.5) is 8.78 Å². The zero-order valence-electron chi connectivity index (χ0n) is 20.4. The predicted molar refractivity (Wildman–Crippen MR) is 135 cm³/mol. The van der Waals surface area contributed by atoms with Crippen LogP contribution in [-0.2, 0) is 20.8 Å². The van der Waals surface area contributed by atoms with E-state index in [-0.39, 0.29) is 23.9 Å². The first-order valence-corrected chi connectivity index (χ1v) is 12.2. The third-order valence-electron chi connectivity index (χ3n) is 6.61. The third kappa shape index (κ3) is 6.27. The van der Waals surface area contributed by atoms with E-state index in [9.17, 15) is 23.2 Å². The SMILES string of the molecule is C[C@H](N)C(=O)N(C(=O)Cc1cc(F)cc(F)c1)[C@H]1C[C@H](c2ccccc2)C[C@H](c2ccccc2)NC1=O. The Bertz CT molecular complexity index is 1250. The first kappa shape index (κ1) is 26.2. The summed E-state index contributed by atoms with van der Waals surface area (Å²) >= 11 is 0. The molecule has 4 rings (SSSR count). The van der Waals surface area contributed by atoms with Gasteiger partial charge in [0.2, 0.25) is 17.7 Å². The number of imide groups is 1. The molecule has 3 aromatic carbocycles. The number of hydrogen-bond acceptors (Lipinski definition) is 4. The minimum Gasteiger partial charge on any atom is -0.347 e. The molecule has 192 valence electrons. The number of carbonyl (C=O) groups excluding carboxylic acids is 3. The highest BCUT2D eigenvalue weighted by Crippen LogP contribution is 2.36. The van der Waals surface area contributed by atoms with Crippen molar-refractivity contribution >= 4 is 17.7 Å². The molecule has 0 unspecified atom stereocenters. The van der Waals surface area contributed by atoms with Gasteiger partial charge in [-0.2, -0.15) is 0 Å². The van der Waals surface area contributed by atoms with E-state index in [1.165, 1.54) is 6.92 Å². The molecule has 1 saturated heterocycles. The van der Waals surface area contributed by atoms with Gasteiger partial charge < -0.3 is 11.1 Å². The molecule has 0 spiro atoms. The minimum atomic E-state index is -1.15. The van der Waals surface area contributed by atoms with E-state index < -0.39 is 47.9 Å². The molecule has 1 fully saturated rings. The van der Waals surface area contributed by atoms with E-state index in [1.54, 1.807) is 0 Å². The molecule has 3 amide bonds. The van der Waals surface area contributed by atoms with Crippen LogP contribution in [0.25, 0.3) is 0 Å². The summed E-state index contributed by atoms with van der Waals surface area (Å²) in [4.78, 5) is 41.1. The van der Waals surface area contributed by atoms with Gasteiger partial charge in [-0.1, -0.05) is 60.7 Å². The van der Waals surface area contributed by atoms with Crippen LogP contribution in [0.2, 0.25) is 0 Å². The molecule has 3 aromatic rings. The zero-order chi connectivity index (χ0) is 26.5. The first-order chi connectivity index (χ1) is 17.7. The summed E-state index contributed by atoms with van der Waals surface area (Å²) in [6.45, 7) is 1.43. The molecule has 0 aliphatic carbocycles. The summed E-state index contributed by atoms with van der Waals surface area (Å²) in [5.74, 6) is -3.81. The van der Waals surface area contributed by atoms with Gasteiger partial charge in [0.15, 0.2) is 0 Å². The maximum absolute atomic E-state index is 13.8. The molecule has 1 heterocycles. The maximum atomic E-state index is 13.8. The van der Waals surface area contributed by atoms with Gasteiger partial charge in [-0.25, -0.2) is 8.78 Å². The third-order valence-corrected chi connectivity index (χ3v) is 6.61. The van der Waals surface area contributed by atoms with Gasteiger partial charge in [-0.05, 0) is 54.5 Å². The number of hydrogen-bond donors (Lipinski definition) is 2. The van der Waals surface area contributed by atoms with E-state index in [4.69, 9.17) is 5.73 Å². The minimum absolute atomic E-state index is 0.0563. The van der Waals surface area contributed by atoms with Crippen molar-refractivity contribution in [1.29, 1.82) is 0 Å². The number of carbonyl (C=O) groups is 3. The summed E-state index contributed by atoms with van der Waals surface area (Å²) in [5.41, 5.74) is 7.81. The standard InChI is InChI=1S/C29H29F2N3O3/c1-18(32)29(37)34(27(35)14-19-12-23(30)17-24(31)13-19)26-16-22(20-8-4-2-5-9-20)15-25(33-28(26)36)21-10-6-3-7-11-21/h2-13,17-18,22,25-26H,14-16,32H2,1H3,(H,33,36)/t18-,22+,25+,26-/m0/s1. The molecule has 37 heavy (non-hydrogen) atoms. The van der Waals surface area contributed by atoms with E-state index in [1.807, 2.05) is 60.7 Å². The van der Waals surface area contributed by atoms with Crippen LogP contribution >= 0.6 is 0 Å². The molecule has 3 N–H and O–H groups in total. The number of nitrogens with zero attached hydrogens (tertiary/aromatic N) is 1. The number of halogens is 2. The topological polar surface area (TPSA) is 92.5 Å². The number of benzene rings is 3. The molecular weight excluding hydrogens is 476 g/mol. The number of amides is 3. The van der Waals surface area contributed by atoms with Crippen LogP contribution < -0.4 is 11.1 Å². The number of nitrogens with one attached hydrogen (secondary N) is 1. The second-order valence-electron chi connectivity index (χ2n) is 9.41. The fourth-order valence-corrected chi connectivity index (χ4v) is 4.85. The average Bonchev–Trinajstić information content (AvgIpc) is 3.04. The van der Waals surface area contributed by atoms with E-state index in [2.05, 4.69) is 5.32 Å². The van der Waals surface area contributed by atoms with Gasteiger partial charge in [-0.15, -0.1) is 0 Å². The largest absolute Gasteiger partial charge is 0.347 e. The molecule has 0 saturated carbocycles.